The van der Waals surface area contributed by atoms with Crippen molar-refractivity contribution in [1.82, 2.24) is 10.1 Å². The second kappa shape index (κ2) is 5.72. The van der Waals surface area contributed by atoms with E-state index in [0.717, 1.165) is 4.70 Å². The minimum atomic E-state index is -0.365. The van der Waals surface area contributed by atoms with E-state index >= 15 is 0 Å². The van der Waals surface area contributed by atoms with E-state index in [9.17, 15) is 9.18 Å². The van der Waals surface area contributed by atoms with Crippen LogP contribution >= 0.6 is 11.3 Å². The molecule has 0 bridgehead atoms. The Morgan fingerprint density at radius 3 is 3.00 bits per heavy atom. The number of fused-ring (bicyclic) bond motifs is 1. The highest BCUT2D eigenvalue weighted by molar-refractivity contribution is 7.22. The molecule has 0 fully saturated rings. The van der Waals surface area contributed by atoms with Gasteiger partial charge in [-0.2, -0.15) is 0 Å². The Labute approximate surface area is 129 Å². The summed E-state index contributed by atoms with van der Waals surface area (Å²) in [4.78, 5) is 17.8. The molecule has 1 amide bonds. The average Bonchev–Trinajstić information content (AvgIpc) is 3.06. The standard InChI is InChI=1S/C14H13FN4O2S/c1-8-6-11(18-21-8)16-12(20)7-19(2)14-17-13-9(15)4-3-5-10(13)22-14/h3-6H,7H2,1-2H3,(H,16,18,20). The summed E-state index contributed by atoms with van der Waals surface area (Å²) in [5.41, 5.74) is 0.321. The van der Waals surface area contributed by atoms with E-state index in [0.29, 0.717) is 22.2 Å². The first-order valence-electron chi connectivity index (χ1n) is 6.52. The number of anilines is 2. The van der Waals surface area contributed by atoms with E-state index < -0.39 is 0 Å². The van der Waals surface area contributed by atoms with Crippen molar-refractivity contribution in [3.05, 3.63) is 35.8 Å². The molecule has 3 rings (SSSR count). The number of nitrogens with zero attached hydrogens (tertiary/aromatic N) is 3. The average molecular weight is 320 g/mol. The number of hydrogen-bond acceptors (Lipinski definition) is 6. The lowest BCUT2D eigenvalue weighted by Gasteiger charge is -2.14. The number of aryl methyl sites for hydroxylation is 1. The van der Waals surface area contributed by atoms with E-state index in [-0.39, 0.29) is 18.3 Å². The molecular weight excluding hydrogens is 307 g/mol. The summed E-state index contributed by atoms with van der Waals surface area (Å²) >= 11 is 1.33. The minimum absolute atomic E-state index is 0.0767. The molecule has 0 unspecified atom stereocenters. The van der Waals surface area contributed by atoms with Crippen LogP contribution in [0.25, 0.3) is 10.2 Å². The lowest BCUT2D eigenvalue weighted by molar-refractivity contribution is -0.115. The number of benzene rings is 1. The SMILES string of the molecule is Cc1cc(NC(=O)CN(C)c2nc3c(F)cccc3s2)no1. The summed E-state index contributed by atoms with van der Waals surface area (Å²) in [5, 5.41) is 6.90. The molecule has 0 saturated heterocycles. The van der Waals surface area contributed by atoms with Crippen LogP contribution < -0.4 is 10.2 Å². The van der Waals surface area contributed by atoms with Gasteiger partial charge in [0.25, 0.3) is 0 Å². The van der Waals surface area contributed by atoms with Crippen LogP contribution in [0.4, 0.5) is 15.3 Å². The van der Waals surface area contributed by atoms with Crippen molar-refractivity contribution in [3.8, 4) is 0 Å². The van der Waals surface area contributed by atoms with Gasteiger partial charge < -0.3 is 14.7 Å². The third kappa shape index (κ3) is 2.91. The molecule has 114 valence electrons. The molecule has 0 aliphatic carbocycles. The van der Waals surface area contributed by atoms with Gasteiger partial charge in [0.1, 0.15) is 17.1 Å². The van der Waals surface area contributed by atoms with Crippen LogP contribution in [0.2, 0.25) is 0 Å². The summed E-state index contributed by atoms with van der Waals surface area (Å²) in [6, 6.07) is 6.43. The molecular formula is C14H13FN4O2S. The molecule has 1 N–H and O–H groups in total. The lowest BCUT2D eigenvalue weighted by Crippen LogP contribution is -2.30. The van der Waals surface area contributed by atoms with Crippen LogP contribution in [-0.4, -0.2) is 29.6 Å². The molecule has 0 aliphatic heterocycles. The molecule has 1 aromatic carbocycles. The highest BCUT2D eigenvalue weighted by atomic mass is 32.1. The number of nitrogens with one attached hydrogen (secondary N) is 1. The van der Waals surface area contributed by atoms with Gasteiger partial charge in [0, 0.05) is 13.1 Å². The van der Waals surface area contributed by atoms with Gasteiger partial charge in [0.05, 0.1) is 11.2 Å². The Hall–Kier alpha value is -2.48. The second-order valence-electron chi connectivity index (χ2n) is 4.81. The number of para-hydroxylation sites is 1. The van der Waals surface area contributed by atoms with Crippen LogP contribution in [0.3, 0.4) is 0 Å². The van der Waals surface area contributed by atoms with Crippen molar-refractivity contribution >= 4 is 38.4 Å². The predicted molar refractivity (Wildman–Crippen MR) is 82.7 cm³/mol. The van der Waals surface area contributed by atoms with Crippen LogP contribution in [0, 0.1) is 12.7 Å². The van der Waals surface area contributed by atoms with Gasteiger partial charge in [-0.3, -0.25) is 4.79 Å². The molecule has 2 aromatic heterocycles. The zero-order chi connectivity index (χ0) is 15.7. The molecule has 0 saturated carbocycles. The number of thiazole rings is 1. The molecule has 8 heteroatoms. The fraction of sp³-hybridized carbons (Fsp3) is 0.214. The minimum Gasteiger partial charge on any atom is -0.360 e. The van der Waals surface area contributed by atoms with Gasteiger partial charge in [-0.15, -0.1) is 0 Å². The molecule has 0 atom stereocenters. The Morgan fingerprint density at radius 2 is 2.32 bits per heavy atom. The van der Waals surface area contributed by atoms with Crippen molar-refractivity contribution in [1.29, 1.82) is 0 Å². The third-order valence-electron chi connectivity index (χ3n) is 2.96. The number of amides is 1. The van der Waals surface area contributed by atoms with Crippen LogP contribution in [0.1, 0.15) is 5.76 Å². The molecule has 0 spiro atoms. The number of halogens is 1. The zero-order valence-electron chi connectivity index (χ0n) is 12.0. The quantitative estimate of drug-likeness (QED) is 0.800. The summed E-state index contributed by atoms with van der Waals surface area (Å²) in [6.45, 7) is 1.82. The van der Waals surface area contributed by atoms with Crippen molar-refractivity contribution in [2.24, 2.45) is 0 Å². The Bertz CT molecular complexity index is 829. The number of likely N-dealkylation sites (N-methyl/N-ethyl adjacent to an activating group) is 1. The largest absolute Gasteiger partial charge is 0.360 e. The van der Waals surface area contributed by atoms with Crippen molar-refractivity contribution < 1.29 is 13.7 Å². The Balaban J connectivity index is 1.71. The summed E-state index contributed by atoms with van der Waals surface area (Å²) in [7, 11) is 1.73. The summed E-state index contributed by atoms with van der Waals surface area (Å²) < 4.78 is 19.3. The molecule has 0 aliphatic rings. The maximum absolute atomic E-state index is 13.6. The van der Waals surface area contributed by atoms with Gasteiger partial charge in [-0.05, 0) is 19.1 Å². The highest BCUT2D eigenvalue weighted by Gasteiger charge is 2.14. The maximum Gasteiger partial charge on any atom is 0.245 e. The third-order valence-corrected chi connectivity index (χ3v) is 4.10. The normalized spacial score (nSPS) is 10.9. The van der Waals surface area contributed by atoms with Crippen molar-refractivity contribution in [2.75, 3.05) is 23.8 Å². The number of hydrogen-bond donors (Lipinski definition) is 1. The van der Waals surface area contributed by atoms with E-state index in [4.69, 9.17) is 4.52 Å². The van der Waals surface area contributed by atoms with E-state index in [1.165, 1.54) is 17.4 Å². The first-order chi connectivity index (χ1) is 10.5. The van der Waals surface area contributed by atoms with Gasteiger partial charge in [0.15, 0.2) is 10.9 Å². The fourth-order valence-corrected chi connectivity index (χ4v) is 2.90. The first kappa shape index (κ1) is 14.5. The monoisotopic (exact) mass is 320 g/mol. The Morgan fingerprint density at radius 1 is 1.50 bits per heavy atom. The molecule has 0 radical (unpaired) electrons. The maximum atomic E-state index is 13.6. The van der Waals surface area contributed by atoms with Crippen LogP contribution in [-0.2, 0) is 4.79 Å². The number of carbonyl (C=O) groups excluding carboxylic acids is 1. The topological polar surface area (TPSA) is 71.3 Å². The lowest BCUT2D eigenvalue weighted by atomic mass is 10.3. The first-order valence-corrected chi connectivity index (χ1v) is 7.34. The summed E-state index contributed by atoms with van der Waals surface area (Å²) in [5.74, 6) is 0.364. The van der Waals surface area contributed by atoms with E-state index in [2.05, 4.69) is 15.5 Å². The second-order valence-corrected chi connectivity index (χ2v) is 5.82. The van der Waals surface area contributed by atoms with Crippen molar-refractivity contribution in [2.45, 2.75) is 6.92 Å². The molecule has 3 aromatic rings. The van der Waals surface area contributed by atoms with Gasteiger partial charge in [-0.25, -0.2) is 9.37 Å². The fourth-order valence-electron chi connectivity index (χ4n) is 1.96. The predicted octanol–water partition coefficient (Wildman–Crippen LogP) is 2.81. The number of carbonyl (C=O) groups is 1. The smallest absolute Gasteiger partial charge is 0.245 e. The zero-order valence-corrected chi connectivity index (χ0v) is 12.8. The van der Waals surface area contributed by atoms with Crippen LogP contribution in [0.5, 0.6) is 0 Å². The highest BCUT2D eigenvalue weighted by Crippen LogP contribution is 2.29. The molecule has 6 nitrogen and oxygen atoms in total. The van der Waals surface area contributed by atoms with Gasteiger partial charge in [0.2, 0.25) is 5.91 Å². The van der Waals surface area contributed by atoms with Crippen molar-refractivity contribution in [3.63, 3.8) is 0 Å². The van der Waals surface area contributed by atoms with Crippen LogP contribution in [0.15, 0.2) is 28.8 Å². The van der Waals surface area contributed by atoms with Gasteiger partial charge >= 0.3 is 0 Å². The Kier molecular flexibility index (Phi) is 3.76. The van der Waals surface area contributed by atoms with E-state index in [1.54, 1.807) is 37.1 Å². The number of aromatic nitrogens is 2. The summed E-state index contributed by atoms with van der Waals surface area (Å²) in [6.07, 6.45) is 0. The number of rotatable bonds is 4. The van der Waals surface area contributed by atoms with E-state index in [1.807, 2.05) is 0 Å². The molecule has 22 heavy (non-hydrogen) atoms. The van der Waals surface area contributed by atoms with Gasteiger partial charge in [-0.1, -0.05) is 22.6 Å². The molecule has 2 heterocycles.